The summed E-state index contributed by atoms with van der Waals surface area (Å²) >= 11 is 0. The van der Waals surface area contributed by atoms with Crippen molar-refractivity contribution in [3.8, 4) is 0 Å². The molecular formula is C10H13F2N3O3S. The predicted octanol–water partition coefficient (Wildman–Crippen LogP) is -0.0865. The van der Waals surface area contributed by atoms with Crippen molar-refractivity contribution >= 4 is 21.6 Å². The third-order valence-electron chi connectivity index (χ3n) is 2.20. The van der Waals surface area contributed by atoms with Crippen molar-refractivity contribution in [3.05, 3.63) is 23.8 Å². The van der Waals surface area contributed by atoms with Crippen LogP contribution in [-0.4, -0.2) is 39.9 Å². The van der Waals surface area contributed by atoms with E-state index in [0.29, 0.717) is 12.1 Å². The fourth-order valence-electron chi connectivity index (χ4n) is 1.22. The van der Waals surface area contributed by atoms with Gasteiger partial charge in [0.25, 0.3) is 0 Å². The number of nitrogens with one attached hydrogen (secondary N) is 1. The summed E-state index contributed by atoms with van der Waals surface area (Å²) in [5.74, 6) is -3.19. The number of nitrogen functional groups attached to an aromatic ring is 1. The first-order chi connectivity index (χ1) is 8.65. The van der Waals surface area contributed by atoms with Gasteiger partial charge in [0.15, 0.2) is 4.90 Å². The van der Waals surface area contributed by atoms with Crippen LogP contribution in [0.5, 0.6) is 0 Å². The van der Waals surface area contributed by atoms with Gasteiger partial charge in [-0.15, -0.1) is 0 Å². The molecule has 6 nitrogen and oxygen atoms in total. The summed E-state index contributed by atoms with van der Waals surface area (Å²) in [5, 5.41) is 0. The summed E-state index contributed by atoms with van der Waals surface area (Å²) in [5.41, 5.74) is 4.94. The predicted molar refractivity (Wildman–Crippen MR) is 64.7 cm³/mol. The number of rotatable bonds is 4. The number of hydrogen-bond donors (Lipinski definition) is 2. The number of carbonyl (C=O) groups excluding carboxylic acids is 1. The van der Waals surface area contributed by atoms with E-state index in [1.54, 1.807) is 0 Å². The van der Waals surface area contributed by atoms with Crippen molar-refractivity contribution in [1.82, 2.24) is 9.62 Å². The second-order valence-electron chi connectivity index (χ2n) is 3.93. The van der Waals surface area contributed by atoms with Gasteiger partial charge in [-0.05, 0) is 12.1 Å². The first kappa shape index (κ1) is 15.3. The number of amides is 1. The molecule has 1 aromatic rings. The second-order valence-corrected chi connectivity index (χ2v) is 5.63. The molecule has 19 heavy (non-hydrogen) atoms. The maximum absolute atomic E-state index is 13.5. The van der Waals surface area contributed by atoms with Crippen molar-refractivity contribution in [2.75, 3.05) is 26.4 Å². The molecule has 1 amide bonds. The summed E-state index contributed by atoms with van der Waals surface area (Å²) in [6.45, 7) is -0.599. The highest BCUT2D eigenvalue weighted by Crippen LogP contribution is 2.21. The monoisotopic (exact) mass is 293 g/mol. The Labute approximate surface area is 109 Å². The third-order valence-corrected chi connectivity index (χ3v) is 3.65. The molecule has 0 spiro atoms. The van der Waals surface area contributed by atoms with E-state index >= 15 is 0 Å². The minimum absolute atomic E-state index is 0.238. The number of likely N-dealkylation sites (N-methyl/N-ethyl adjacent to an activating group) is 1. The Hall–Kier alpha value is -1.74. The van der Waals surface area contributed by atoms with Gasteiger partial charge >= 0.3 is 0 Å². The van der Waals surface area contributed by atoms with E-state index in [1.165, 1.54) is 14.1 Å². The van der Waals surface area contributed by atoms with Gasteiger partial charge in [0.1, 0.15) is 11.6 Å². The maximum Gasteiger partial charge on any atom is 0.246 e. The largest absolute Gasteiger partial charge is 0.399 e. The van der Waals surface area contributed by atoms with Crippen LogP contribution in [0.4, 0.5) is 14.5 Å². The molecule has 3 N–H and O–H groups in total. The molecule has 0 aromatic heterocycles. The Bertz CT molecular complexity index is 579. The van der Waals surface area contributed by atoms with Crippen molar-refractivity contribution in [3.63, 3.8) is 0 Å². The molecule has 0 aliphatic heterocycles. The molecule has 0 fully saturated rings. The summed E-state index contributed by atoms with van der Waals surface area (Å²) in [7, 11) is -1.63. The van der Waals surface area contributed by atoms with Crippen molar-refractivity contribution in [2.24, 2.45) is 0 Å². The summed E-state index contributed by atoms with van der Waals surface area (Å²) in [6, 6.07) is 1.37. The van der Waals surface area contributed by atoms with Crippen molar-refractivity contribution in [1.29, 1.82) is 0 Å². The van der Waals surface area contributed by atoms with Crippen LogP contribution in [-0.2, 0) is 14.8 Å². The minimum atomic E-state index is -4.47. The smallest absolute Gasteiger partial charge is 0.246 e. The van der Waals surface area contributed by atoms with Crippen LogP contribution in [0, 0.1) is 11.6 Å². The van der Waals surface area contributed by atoms with Crippen LogP contribution < -0.4 is 10.5 Å². The maximum atomic E-state index is 13.5. The summed E-state index contributed by atoms with van der Waals surface area (Å²) < 4.78 is 52.1. The third kappa shape index (κ3) is 3.61. The molecule has 0 aliphatic rings. The van der Waals surface area contributed by atoms with Gasteiger partial charge in [0, 0.05) is 19.8 Å². The lowest BCUT2D eigenvalue weighted by atomic mass is 10.3. The average Bonchev–Trinajstić information content (AvgIpc) is 2.23. The average molecular weight is 293 g/mol. The van der Waals surface area contributed by atoms with Crippen molar-refractivity contribution in [2.45, 2.75) is 4.90 Å². The number of hydrogen-bond acceptors (Lipinski definition) is 4. The minimum Gasteiger partial charge on any atom is -0.399 e. The molecule has 0 atom stereocenters. The quantitative estimate of drug-likeness (QED) is 0.759. The SMILES string of the molecule is CN(C)C(=O)CNS(=O)(=O)c1c(F)cc(N)cc1F. The Balaban J connectivity index is 3.05. The first-order valence-electron chi connectivity index (χ1n) is 5.09. The number of sulfonamides is 1. The van der Waals surface area contributed by atoms with Gasteiger partial charge in [-0.2, -0.15) is 0 Å². The van der Waals surface area contributed by atoms with E-state index < -0.39 is 39.0 Å². The van der Waals surface area contributed by atoms with E-state index in [4.69, 9.17) is 5.73 Å². The highest BCUT2D eigenvalue weighted by atomic mass is 32.2. The molecule has 1 aromatic carbocycles. The Kier molecular flexibility index (Phi) is 4.43. The van der Waals surface area contributed by atoms with E-state index in [-0.39, 0.29) is 5.69 Å². The molecule has 0 bridgehead atoms. The van der Waals surface area contributed by atoms with Crippen LogP contribution in [0.25, 0.3) is 0 Å². The number of nitrogens with two attached hydrogens (primary N) is 1. The molecule has 0 heterocycles. The Morgan fingerprint density at radius 2 is 1.79 bits per heavy atom. The highest BCUT2D eigenvalue weighted by molar-refractivity contribution is 7.89. The van der Waals surface area contributed by atoms with E-state index in [1.807, 2.05) is 4.72 Å². The fraction of sp³-hybridized carbons (Fsp3) is 0.300. The van der Waals surface area contributed by atoms with Crippen LogP contribution in [0.2, 0.25) is 0 Å². The Morgan fingerprint density at radius 3 is 2.21 bits per heavy atom. The van der Waals surface area contributed by atoms with Crippen LogP contribution in [0.1, 0.15) is 0 Å². The van der Waals surface area contributed by atoms with E-state index in [0.717, 1.165) is 4.90 Å². The molecule has 1 rings (SSSR count). The van der Waals surface area contributed by atoms with Crippen LogP contribution in [0.3, 0.4) is 0 Å². The van der Waals surface area contributed by atoms with Gasteiger partial charge in [-0.3, -0.25) is 4.79 Å². The lowest BCUT2D eigenvalue weighted by molar-refractivity contribution is -0.127. The number of anilines is 1. The number of benzene rings is 1. The summed E-state index contributed by atoms with van der Waals surface area (Å²) in [6.07, 6.45) is 0. The molecule has 0 unspecified atom stereocenters. The molecule has 106 valence electrons. The van der Waals surface area contributed by atoms with Gasteiger partial charge in [0.2, 0.25) is 15.9 Å². The standard InChI is InChI=1S/C10H13F2N3O3S/c1-15(2)9(16)5-14-19(17,18)10-7(11)3-6(13)4-8(10)12/h3-4,14H,5,13H2,1-2H3. The second kappa shape index (κ2) is 5.49. The summed E-state index contributed by atoms with van der Waals surface area (Å²) in [4.78, 5) is 11.2. The topological polar surface area (TPSA) is 92.5 Å². The zero-order valence-electron chi connectivity index (χ0n) is 10.3. The van der Waals surface area contributed by atoms with E-state index in [2.05, 4.69) is 0 Å². The number of nitrogens with zero attached hydrogens (tertiary/aromatic N) is 1. The normalized spacial score (nSPS) is 11.4. The zero-order chi connectivity index (χ0) is 14.8. The van der Waals surface area contributed by atoms with E-state index in [9.17, 15) is 22.0 Å². The molecule has 0 radical (unpaired) electrons. The molecule has 9 heteroatoms. The fourth-order valence-corrected chi connectivity index (χ4v) is 2.31. The lowest BCUT2D eigenvalue weighted by Crippen LogP contribution is -2.36. The van der Waals surface area contributed by atoms with Crippen LogP contribution >= 0.6 is 0 Å². The van der Waals surface area contributed by atoms with Crippen molar-refractivity contribution < 1.29 is 22.0 Å². The number of carbonyl (C=O) groups is 1. The first-order valence-corrected chi connectivity index (χ1v) is 6.58. The Morgan fingerprint density at radius 1 is 1.32 bits per heavy atom. The highest BCUT2D eigenvalue weighted by Gasteiger charge is 2.25. The molecule has 0 saturated heterocycles. The van der Waals surface area contributed by atoms with Gasteiger partial charge < -0.3 is 10.6 Å². The molecule has 0 aliphatic carbocycles. The lowest BCUT2D eigenvalue weighted by Gasteiger charge is -2.12. The van der Waals surface area contributed by atoms with Gasteiger partial charge in [-0.1, -0.05) is 0 Å². The van der Waals surface area contributed by atoms with Gasteiger partial charge in [0.05, 0.1) is 6.54 Å². The van der Waals surface area contributed by atoms with Crippen LogP contribution in [0.15, 0.2) is 17.0 Å². The molecule has 0 saturated carbocycles. The number of halogens is 2. The zero-order valence-corrected chi connectivity index (χ0v) is 11.1. The van der Waals surface area contributed by atoms with Gasteiger partial charge in [-0.25, -0.2) is 21.9 Å². The molecular weight excluding hydrogens is 280 g/mol.